The predicted molar refractivity (Wildman–Crippen MR) is 23.3 cm³/mol. The van der Waals surface area contributed by atoms with E-state index in [-0.39, 0.29) is 6.08 Å². The molecule has 0 atom stereocenters. The van der Waals surface area contributed by atoms with Crippen molar-refractivity contribution in [3.8, 4) is 0 Å². The average Bonchev–Trinajstić information content (AvgIpc) is 1.63. The van der Waals surface area contributed by atoms with Gasteiger partial charge in [0.15, 0.2) is 0 Å². The van der Waals surface area contributed by atoms with Gasteiger partial charge in [0, 0.05) is 12.3 Å². The zero-order valence-electron chi connectivity index (χ0n) is 4.14. The molecule has 0 aromatic heterocycles. The van der Waals surface area contributed by atoms with Gasteiger partial charge in [-0.15, -0.1) is 0 Å². The topological polar surface area (TPSA) is 29.4 Å². The van der Waals surface area contributed by atoms with E-state index in [9.17, 15) is 18.0 Å². The molecule has 0 unspecified atom stereocenters. The van der Waals surface area contributed by atoms with Gasteiger partial charge < -0.3 is 0 Å². The maximum Gasteiger partial charge on any atom is 0.411 e. The van der Waals surface area contributed by atoms with E-state index in [4.69, 9.17) is 0 Å². The molecule has 0 N–H and O–H groups in total. The van der Waals surface area contributed by atoms with Gasteiger partial charge in [-0.3, -0.25) is 0 Å². The van der Waals surface area contributed by atoms with Crippen molar-refractivity contribution >= 4 is 6.08 Å². The largest absolute Gasteiger partial charge is 0.411 e. The van der Waals surface area contributed by atoms with Crippen molar-refractivity contribution in [3.63, 3.8) is 0 Å². The molecule has 50 valence electrons. The third kappa shape index (κ3) is 6.91. The fourth-order valence-corrected chi connectivity index (χ4v) is 0.152. The number of hydrogen-bond acceptors (Lipinski definition) is 2. The van der Waals surface area contributed by atoms with Crippen LogP contribution in [0.3, 0.4) is 0 Å². The number of isocyanates is 1. The monoisotopic (exact) mass is 137 g/mol. The van der Waals surface area contributed by atoms with E-state index < -0.39 is 6.18 Å². The molecule has 0 bridgehead atoms. The van der Waals surface area contributed by atoms with Crippen LogP contribution in [-0.4, -0.2) is 12.3 Å². The summed E-state index contributed by atoms with van der Waals surface area (Å²) in [6, 6.07) is 0. The Morgan fingerprint density at radius 1 is 1.44 bits per heavy atom. The molecular formula is C4H2F3NO. The van der Waals surface area contributed by atoms with Gasteiger partial charge in [-0.1, -0.05) is 0 Å². The molecule has 0 spiro atoms. The first-order valence-corrected chi connectivity index (χ1v) is 1.87. The highest BCUT2D eigenvalue weighted by Crippen LogP contribution is 2.15. The maximum atomic E-state index is 11.1. The van der Waals surface area contributed by atoms with Gasteiger partial charge in [0.1, 0.15) is 0 Å². The van der Waals surface area contributed by atoms with Crippen molar-refractivity contribution in [2.75, 3.05) is 0 Å². The summed E-state index contributed by atoms with van der Waals surface area (Å²) in [4.78, 5) is 11.7. The molecule has 0 heterocycles. The Morgan fingerprint density at radius 2 is 2.00 bits per heavy atom. The summed E-state index contributed by atoms with van der Waals surface area (Å²) in [7, 11) is 0. The van der Waals surface area contributed by atoms with Crippen molar-refractivity contribution < 1.29 is 18.0 Å². The molecular weight excluding hydrogens is 135 g/mol. The second kappa shape index (κ2) is 3.04. The Morgan fingerprint density at radius 3 is 2.33 bits per heavy atom. The number of allylic oxidation sites excluding steroid dienone is 1. The van der Waals surface area contributed by atoms with E-state index >= 15 is 0 Å². The number of aliphatic imine (C=N–C) groups is 1. The SMILES string of the molecule is O=C=N/C=C/C(F)(F)F. The van der Waals surface area contributed by atoms with E-state index in [2.05, 4.69) is 4.99 Å². The number of halogens is 3. The zero-order valence-corrected chi connectivity index (χ0v) is 4.14. The Bertz CT molecular complexity index is 154. The number of nitrogens with zero attached hydrogens (tertiary/aromatic N) is 1. The van der Waals surface area contributed by atoms with Gasteiger partial charge in [-0.2, -0.15) is 18.2 Å². The molecule has 5 heteroatoms. The standard InChI is InChI=1S/C4H2F3NO/c5-4(6,7)1-2-8-3-9/h1-2H/b2-1+. The van der Waals surface area contributed by atoms with Gasteiger partial charge in [0.05, 0.1) is 0 Å². The fourth-order valence-electron chi connectivity index (χ4n) is 0.152. The van der Waals surface area contributed by atoms with Crippen LogP contribution in [0.2, 0.25) is 0 Å². The molecule has 0 saturated heterocycles. The predicted octanol–water partition coefficient (Wildman–Crippen LogP) is 1.40. The first kappa shape index (κ1) is 7.91. The molecule has 0 rings (SSSR count). The minimum absolute atomic E-state index is 0.155. The molecule has 0 fully saturated rings. The third-order valence-corrected chi connectivity index (χ3v) is 0.391. The normalized spacial score (nSPS) is 11.4. The molecule has 2 nitrogen and oxygen atoms in total. The summed E-state index contributed by atoms with van der Waals surface area (Å²) in [5, 5.41) is 0. The molecule has 0 amide bonds. The zero-order chi connectivity index (χ0) is 7.33. The highest BCUT2D eigenvalue weighted by Gasteiger charge is 2.21. The van der Waals surface area contributed by atoms with E-state index in [0.29, 0.717) is 6.20 Å². The van der Waals surface area contributed by atoms with Crippen molar-refractivity contribution in [2.24, 2.45) is 4.99 Å². The van der Waals surface area contributed by atoms with Crippen LogP contribution in [0.1, 0.15) is 0 Å². The maximum absolute atomic E-state index is 11.1. The van der Waals surface area contributed by atoms with E-state index in [0.717, 1.165) is 6.08 Å². The summed E-state index contributed by atoms with van der Waals surface area (Å²) >= 11 is 0. The van der Waals surface area contributed by atoms with Crippen molar-refractivity contribution in [1.29, 1.82) is 0 Å². The molecule has 0 aliphatic carbocycles. The molecule has 0 aliphatic heterocycles. The number of hydrogen-bond donors (Lipinski definition) is 0. The Balaban J connectivity index is 3.85. The number of rotatable bonds is 1. The first-order valence-electron chi connectivity index (χ1n) is 1.87. The quantitative estimate of drug-likeness (QED) is 0.396. The third-order valence-electron chi connectivity index (χ3n) is 0.391. The summed E-state index contributed by atoms with van der Waals surface area (Å²) in [5.41, 5.74) is 0. The van der Waals surface area contributed by atoms with Gasteiger partial charge >= 0.3 is 6.18 Å². The van der Waals surface area contributed by atoms with Crippen LogP contribution in [-0.2, 0) is 4.79 Å². The van der Waals surface area contributed by atoms with E-state index in [1.165, 1.54) is 0 Å². The number of carbonyl (C=O) groups excluding carboxylic acids is 1. The second-order valence-electron chi connectivity index (χ2n) is 1.08. The lowest BCUT2D eigenvalue weighted by Crippen LogP contribution is -1.99. The van der Waals surface area contributed by atoms with Crippen molar-refractivity contribution in [3.05, 3.63) is 12.3 Å². The number of alkyl halides is 3. The van der Waals surface area contributed by atoms with Gasteiger partial charge in [0.25, 0.3) is 0 Å². The minimum Gasteiger partial charge on any atom is -0.211 e. The Hall–Kier alpha value is -1.09. The van der Waals surface area contributed by atoms with Crippen LogP contribution in [0.25, 0.3) is 0 Å². The minimum atomic E-state index is -4.40. The molecule has 9 heavy (non-hydrogen) atoms. The van der Waals surface area contributed by atoms with E-state index in [1.807, 2.05) is 0 Å². The summed E-state index contributed by atoms with van der Waals surface area (Å²) in [6.07, 6.45) is -3.29. The van der Waals surface area contributed by atoms with Crippen LogP contribution in [0.5, 0.6) is 0 Å². The molecule has 0 saturated carbocycles. The lowest BCUT2D eigenvalue weighted by atomic mass is 10.6. The summed E-state index contributed by atoms with van der Waals surface area (Å²) < 4.78 is 33.3. The van der Waals surface area contributed by atoms with Crippen LogP contribution in [0.15, 0.2) is 17.3 Å². The molecule has 0 aliphatic rings. The van der Waals surface area contributed by atoms with Gasteiger partial charge in [0.2, 0.25) is 6.08 Å². The van der Waals surface area contributed by atoms with Gasteiger partial charge in [-0.25, -0.2) is 4.79 Å². The lowest BCUT2D eigenvalue weighted by Gasteiger charge is -1.93. The Labute approximate surface area is 48.7 Å². The first-order chi connectivity index (χ1) is 4.06. The second-order valence-corrected chi connectivity index (χ2v) is 1.08. The van der Waals surface area contributed by atoms with Crippen molar-refractivity contribution in [2.45, 2.75) is 6.18 Å². The van der Waals surface area contributed by atoms with Crippen LogP contribution < -0.4 is 0 Å². The van der Waals surface area contributed by atoms with Crippen molar-refractivity contribution in [1.82, 2.24) is 0 Å². The summed E-state index contributed by atoms with van der Waals surface area (Å²) in [5.74, 6) is 0. The highest BCUT2D eigenvalue weighted by molar-refractivity contribution is 5.34. The highest BCUT2D eigenvalue weighted by atomic mass is 19.4. The van der Waals surface area contributed by atoms with Crippen LogP contribution >= 0.6 is 0 Å². The smallest absolute Gasteiger partial charge is 0.211 e. The molecule has 0 radical (unpaired) electrons. The fraction of sp³-hybridized carbons (Fsp3) is 0.250. The molecule has 0 aromatic rings. The average molecular weight is 137 g/mol. The van der Waals surface area contributed by atoms with Gasteiger partial charge in [-0.05, 0) is 0 Å². The summed E-state index contributed by atoms with van der Waals surface area (Å²) in [6.45, 7) is 0. The molecule has 0 aromatic carbocycles. The van der Waals surface area contributed by atoms with Crippen LogP contribution in [0, 0.1) is 0 Å². The van der Waals surface area contributed by atoms with E-state index in [1.54, 1.807) is 0 Å². The lowest BCUT2D eigenvalue weighted by molar-refractivity contribution is -0.0799. The van der Waals surface area contributed by atoms with Crippen LogP contribution in [0.4, 0.5) is 13.2 Å². The Kier molecular flexibility index (Phi) is 2.67.